The van der Waals surface area contributed by atoms with Crippen molar-refractivity contribution in [3.05, 3.63) is 6.20 Å². The Balaban J connectivity index is 1.90. The van der Waals surface area contributed by atoms with Gasteiger partial charge in [0.05, 0.1) is 6.20 Å². The molecule has 0 fully saturated rings. The zero-order chi connectivity index (χ0) is 17.8. The highest BCUT2D eigenvalue weighted by atomic mass is 32.2. The lowest BCUT2D eigenvalue weighted by atomic mass is 10.2. The van der Waals surface area contributed by atoms with Crippen molar-refractivity contribution in [3.63, 3.8) is 0 Å². The molecule has 134 valence electrons. The maximum Gasteiger partial charge on any atom is 0.216 e. The Hall–Kier alpha value is -1.05. The van der Waals surface area contributed by atoms with Gasteiger partial charge in [-0.05, 0) is 35.0 Å². The smallest absolute Gasteiger partial charge is 0.216 e. The van der Waals surface area contributed by atoms with Crippen molar-refractivity contribution in [1.82, 2.24) is 25.2 Å². The van der Waals surface area contributed by atoms with Crippen molar-refractivity contribution in [2.24, 2.45) is 0 Å². The van der Waals surface area contributed by atoms with Crippen LogP contribution in [0, 0.1) is 0 Å². The summed E-state index contributed by atoms with van der Waals surface area (Å²) in [7, 11) is -6.19. The van der Waals surface area contributed by atoms with E-state index in [0.717, 1.165) is 30.4 Å². The van der Waals surface area contributed by atoms with Gasteiger partial charge in [0.25, 0.3) is 0 Å². The second-order valence-electron chi connectivity index (χ2n) is 5.19. The molecule has 2 aromatic heterocycles. The van der Waals surface area contributed by atoms with Crippen molar-refractivity contribution < 1.29 is 16.8 Å². The van der Waals surface area contributed by atoms with E-state index in [4.69, 9.17) is 0 Å². The van der Waals surface area contributed by atoms with Crippen LogP contribution < -0.4 is 0 Å². The van der Waals surface area contributed by atoms with E-state index in [9.17, 15) is 16.8 Å². The molecule has 0 amide bonds. The average molecular weight is 412 g/mol. The Morgan fingerprint density at radius 2 is 1.92 bits per heavy atom. The van der Waals surface area contributed by atoms with Crippen LogP contribution in [0.5, 0.6) is 0 Å². The van der Waals surface area contributed by atoms with Crippen LogP contribution in [0.1, 0.15) is 19.3 Å². The first-order valence-electron chi connectivity index (χ1n) is 6.93. The third-order valence-electron chi connectivity index (χ3n) is 2.89. The Bertz CT molecular complexity index is 887. The van der Waals surface area contributed by atoms with E-state index >= 15 is 0 Å². The maximum absolute atomic E-state index is 11.5. The van der Waals surface area contributed by atoms with Gasteiger partial charge in [-0.15, -0.1) is 5.10 Å². The fraction of sp³-hybridized carbons (Fsp3) is 0.636. The summed E-state index contributed by atoms with van der Waals surface area (Å²) in [4.78, 5) is 4.06. The minimum Gasteiger partial charge on any atom is -0.236 e. The quantitative estimate of drug-likeness (QED) is 0.553. The van der Waals surface area contributed by atoms with Crippen LogP contribution in [-0.4, -0.2) is 60.3 Å². The first-order valence-corrected chi connectivity index (χ1v) is 12.5. The van der Waals surface area contributed by atoms with Gasteiger partial charge >= 0.3 is 0 Å². The fourth-order valence-corrected chi connectivity index (χ4v) is 5.34. The van der Waals surface area contributed by atoms with E-state index in [1.54, 1.807) is 4.68 Å². The van der Waals surface area contributed by atoms with Gasteiger partial charge in [-0.2, -0.15) is 0 Å². The van der Waals surface area contributed by atoms with Gasteiger partial charge < -0.3 is 0 Å². The third kappa shape index (κ3) is 6.11. The number of hydrogen-bond acceptors (Lipinski definition) is 10. The topological polar surface area (TPSA) is 125 Å². The van der Waals surface area contributed by atoms with Crippen LogP contribution in [-0.2, 0) is 26.2 Å². The summed E-state index contributed by atoms with van der Waals surface area (Å²) in [6, 6.07) is 0. The highest BCUT2D eigenvalue weighted by Gasteiger charge is 2.15. The number of sulfone groups is 2. The monoisotopic (exact) mass is 411 g/mol. The number of unbranched alkanes of at least 4 members (excludes halogenated alkanes) is 2. The maximum atomic E-state index is 11.5. The normalized spacial score (nSPS) is 12.6. The Kier molecular flexibility index (Phi) is 6.33. The molecule has 0 aliphatic rings. The molecule has 9 nitrogen and oxygen atoms in total. The van der Waals surface area contributed by atoms with Crippen molar-refractivity contribution >= 4 is 42.8 Å². The summed E-state index contributed by atoms with van der Waals surface area (Å²) < 4.78 is 47.4. The van der Waals surface area contributed by atoms with Gasteiger partial charge in [0.15, 0.2) is 14.2 Å². The zero-order valence-electron chi connectivity index (χ0n) is 13.1. The predicted octanol–water partition coefficient (Wildman–Crippen LogP) is 0.899. The minimum atomic E-state index is -3.27. The zero-order valence-corrected chi connectivity index (χ0v) is 16.4. The lowest BCUT2D eigenvalue weighted by molar-refractivity contribution is 0.505. The second kappa shape index (κ2) is 7.89. The number of hydrogen-bond donors (Lipinski definition) is 0. The van der Waals surface area contributed by atoms with Gasteiger partial charge in [0.2, 0.25) is 5.16 Å². The van der Waals surface area contributed by atoms with Crippen LogP contribution in [0.3, 0.4) is 0 Å². The molecule has 0 N–H and O–H groups in total. The molecule has 0 bridgehead atoms. The molecular weight excluding hydrogens is 394 g/mol. The first-order chi connectivity index (χ1) is 11.1. The largest absolute Gasteiger partial charge is 0.236 e. The number of rotatable bonds is 9. The second-order valence-corrected chi connectivity index (χ2v) is 11.9. The lowest BCUT2D eigenvalue weighted by Crippen LogP contribution is -2.05. The fourth-order valence-electron chi connectivity index (χ4n) is 1.75. The van der Waals surface area contributed by atoms with E-state index < -0.39 is 19.7 Å². The molecule has 0 aliphatic heterocycles. The van der Waals surface area contributed by atoms with Gasteiger partial charge in [0.1, 0.15) is 14.0 Å². The molecule has 13 heteroatoms. The Labute approximate surface area is 148 Å². The van der Waals surface area contributed by atoms with E-state index in [2.05, 4.69) is 20.5 Å². The lowest BCUT2D eigenvalue weighted by Gasteiger charge is -2.03. The van der Waals surface area contributed by atoms with E-state index in [1.165, 1.54) is 24.2 Å². The third-order valence-corrected chi connectivity index (χ3v) is 7.76. The molecule has 2 heterocycles. The molecule has 0 saturated heterocycles. The summed E-state index contributed by atoms with van der Waals surface area (Å²) in [5.41, 5.74) is 0. The molecule has 0 saturated carbocycles. The van der Waals surface area contributed by atoms with Crippen molar-refractivity contribution in [2.75, 3.05) is 18.3 Å². The van der Waals surface area contributed by atoms with E-state index in [1.807, 2.05) is 0 Å². The summed E-state index contributed by atoms with van der Waals surface area (Å²) >= 11 is 2.27. The summed E-state index contributed by atoms with van der Waals surface area (Å²) in [5.74, 6) is 0.178. The number of tetrazole rings is 1. The number of nitrogens with zero attached hydrogens (tertiary/aromatic N) is 5. The molecule has 0 aliphatic carbocycles. The van der Waals surface area contributed by atoms with Crippen molar-refractivity contribution in [2.45, 2.75) is 39.5 Å². The van der Waals surface area contributed by atoms with Crippen molar-refractivity contribution in [1.29, 1.82) is 0 Å². The van der Waals surface area contributed by atoms with Crippen LogP contribution in [0.4, 0.5) is 0 Å². The van der Waals surface area contributed by atoms with Crippen LogP contribution in [0.2, 0.25) is 0 Å². The number of aromatic nitrogens is 5. The standard InChI is InChI=1S/C11H17N5O4S4/c1-23(17,18)7-5-3-4-6-16-10(13-14-15-16)22-11-12-8-9(21-11)24(2,19)20/h8H,3-7H2,1-2H3. The summed E-state index contributed by atoms with van der Waals surface area (Å²) in [6.07, 6.45) is 5.79. The molecule has 0 aromatic carbocycles. The molecule has 0 radical (unpaired) electrons. The highest BCUT2D eigenvalue weighted by Crippen LogP contribution is 2.31. The molecular formula is C11H17N5O4S4. The van der Waals surface area contributed by atoms with Crippen molar-refractivity contribution in [3.8, 4) is 0 Å². The molecule has 0 unspecified atom stereocenters. The van der Waals surface area contributed by atoms with Crippen LogP contribution >= 0.6 is 23.1 Å². The van der Waals surface area contributed by atoms with Gasteiger partial charge in [0, 0.05) is 24.8 Å². The highest BCUT2D eigenvalue weighted by molar-refractivity contribution is 8.01. The van der Waals surface area contributed by atoms with E-state index in [-0.39, 0.29) is 9.96 Å². The van der Waals surface area contributed by atoms with Gasteiger partial charge in [-0.1, -0.05) is 17.8 Å². The van der Waals surface area contributed by atoms with Gasteiger partial charge in [-0.25, -0.2) is 26.5 Å². The molecule has 24 heavy (non-hydrogen) atoms. The summed E-state index contributed by atoms with van der Waals surface area (Å²) in [5, 5.41) is 11.9. The molecule has 0 atom stereocenters. The number of thiazole rings is 1. The first kappa shape index (κ1) is 19.3. The SMILES string of the molecule is CS(=O)(=O)CCCCCn1nnnc1Sc1ncc(S(C)(=O)=O)s1. The summed E-state index contributed by atoms with van der Waals surface area (Å²) in [6.45, 7) is 0.559. The number of aryl methyl sites for hydroxylation is 1. The van der Waals surface area contributed by atoms with E-state index in [0.29, 0.717) is 22.5 Å². The molecule has 2 rings (SSSR count). The Morgan fingerprint density at radius 3 is 2.54 bits per heavy atom. The van der Waals surface area contributed by atoms with Crippen LogP contribution in [0.25, 0.3) is 0 Å². The Morgan fingerprint density at radius 1 is 1.17 bits per heavy atom. The predicted molar refractivity (Wildman–Crippen MR) is 90.7 cm³/mol. The molecule has 0 spiro atoms. The average Bonchev–Trinajstić information content (AvgIpc) is 3.07. The van der Waals surface area contributed by atoms with Gasteiger partial charge in [-0.3, -0.25) is 0 Å². The van der Waals surface area contributed by atoms with Crippen LogP contribution in [0.15, 0.2) is 19.9 Å². The minimum absolute atomic E-state index is 0.178. The molecule has 2 aromatic rings.